The van der Waals surface area contributed by atoms with Crippen LogP contribution >= 0.6 is 0 Å². The number of sulfonamides is 1. The van der Waals surface area contributed by atoms with Crippen LogP contribution in [-0.2, 0) is 21.2 Å². The predicted molar refractivity (Wildman–Crippen MR) is 116 cm³/mol. The molecule has 2 aliphatic rings. The van der Waals surface area contributed by atoms with Crippen LogP contribution < -0.4 is 10.1 Å². The van der Waals surface area contributed by atoms with Crippen molar-refractivity contribution in [2.24, 2.45) is 5.92 Å². The summed E-state index contributed by atoms with van der Waals surface area (Å²) in [4.78, 5) is 12.8. The summed E-state index contributed by atoms with van der Waals surface area (Å²) in [5, 5.41) is 9.86. The van der Waals surface area contributed by atoms with Gasteiger partial charge in [0.1, 0.15) is 10.6 Å². The van der Waals surface area contributed by atoms with Crippen LogP contribution in [0.2, 0.25) is 0 Å². The molecule has 1 aromatic heterocycles. The van der Waals surface area contributed by atoms with E-state index >= 15 is 0 Å². The van der Waals surface area contributed by atoms with Crippen molar-refractivity contribution >= 4 is 15.9 Å². The Hall–Kier alpha value is -2.65. The highest BCUT2D eigenvalue weighted by molar-refractivity contribution is 7.89. The summed E-state index contributed by atoms with van der Waals surface area (Å²) >= 11 is 0. The Kier molecular flexibility index (Phi) is 6.15. The van der Waals surface area contributed by atoms with Crippen LogP contribution in [0, 0.1) is 19.8 Å². The number of nitrogens with one attached hydrogen (secondary N) is 2. The van der Waals surface area contributed by atoms with Crippen LogP contribution in [0.15, 0.2) is 41.3 Å². The number of H-pyrrole nitrogens is 1. The van der Waals surface area contributed by atoms with E-state index in [0.717, 1.165) is 5.56 Å². The van der Waals surface area contributed by atoms with E-state index in [9.17, 15) is 13.2 Å². The second-order valence-corrected chi connectivity index (χ2v) is 10.0. The minimum atomic E-state index is -3.66. The van der Waals surface area contributed by atoms with Gasteiger partial charge in [-0.3, -0.25) is 9.89 Å². The molecule has 4 rings (SSSR count). The molecule has 0 spiro atoms. The summed E-state index contributed by atoms with van der Waals surface area (Å²) in [6, 6.07) is 7.59. The first-order valence-corrected chi connectivity index (χ1v) is 12.0. The molecule has 2 aliphatic heterocycles. The maximum atomic E-state index is 13.3. The summed E-state index contributed by atoms with van der Waals surface area (Å²) in [7, 11) is -3.66. The topological polar surface area (TPSA) is 104 Å². The zero-order valence-electron chi connectivity index (χ0n) is 17.8. The van der Waals surface area contributed by atoms with Gasteiger partial charge in [-0.25, -0.2) is 8.42 Å². The quantitative estimate of drug-likeness (QED) is 0.691. The third-order valence-electron chi connectivity index (χ3n) is 5.98. The van der Waals surface area contributed by atoms with Crippen LogP contribution in [0.3, 0.4) is 0 Å². The van der Waals surface area contributed by atoms with Gasteiger partial charge in [0.15, 0.2) is 6.61 Å². The van der Waals surface area contributed by atoms with E-state index in [4.69, 9.17) is 4.74 Å². The van der Waals surface area contributed by atoms with Crippen molar-refractivity contribution < 1.29 is 17.9 Å². The van der Waals surface area contributed by atoms with E-state index < -0.39 is 10.0 Å². The van der Waals surface area contributed by atoms with E-state index in [2.05, 4.69) is 27.7 Å². The van der Waals surface area contributed by atoms with Gasteiger partial charge in [-0.1, -0.05) is 30.4 Å². The summed E-state index contributed by atoms with van der Waals surface area (Å²) in [5.74, 6) is 0.504. The lowest BCUT2D eigenvalue weighted by atomic mass is 9.90. The maximum Gasteiger partial charge on any atom is 0.258 e. The van der Waals surface area contributed by atoms with Crippen LogP contribution in [-0.4, -0.2) is 54.6 Å². The minimum Gasteiger partial charge on any atom is -0.483 e. The highest BCUT2D eigenvalue weighted by Gasteiger charge is 2.37. The number of fused-ring (bicyclic) bond motifs is 2. The first-order valence-electron chi connectivity index (χ1n) is 10.5. The van der Waals surface area contributed by atoms with Gasteiger partial charge in [0.25, 0.3) is 5.91 Å². The van der Waals surface area contributed by atoms with Crippen LogP contribution in [0.1, 0.15) is 29.8 Å². The van der Waals surface area contributed by atoms with Gasteiger partial charge in [-0.05, 0) is 50.7 Å². The number of piperidine rings is 1. The molecular weight excluding hydrogens is 416 g/mol. The number of benzene rings is 1. The average Bonchev–Trinajstić information content (AvgIpc) is 3.09. The van der Waals surface area contributed by atoms with Gasteiger partial charge in [-0.15, -0.1) is 0 Å². The van der Waals surface area contributed by atoms with Gasteiger partial charge in [0, 0.05) is 19.1 Å². The van der Waals surface area contributed by atoms with E-state index in [0.29, 0.717) is 49.5 Å². The number of ether oxygens (including phenoxy) is 1. The van der Waals surface area contributed by atoms with E-state index in [-0.39, 0.29) is 29.4 Å². The Morgan fingerprint density at radius 2 is 2.00 bits per heavy atom. The lowest BCUT2D eigenvalue weighted by Gasteiger charge is -2.38. The van der Waals surface area contributed by atoms with Gasteiger partial charge in [0.2, 0.25) is 10.0 Å². The highest BCUT2D eigenvalue weighted by atomic mass is 32.2. The monoisotopic (exact) mass is 444 g/mol. The largest absolute Gasteiger partial charge is 0.483 e. The Morgan fingerprint density at radius 1 is 1.19 bits per heavy atom. The lowest BCUT2D eigenvalue weighted by Crippen LogP contribution is -2.53. The first-order chi connectivity index (χ1) is 14.9. The van der Waals surface area contributed by atoms with Crippen molar-refractivity contribution in [3.05, 3.63) is 53.4 Å². The molecule has 1 saturated heterocycles. The molecule has 2 N–H and O–H groups in total. The molecule has 1 amide bonds. The lowest BCUT2D eigenvalue weighted by molar-refractivity contribution is -0.124. The molecule has 2 atom stereocenters. The van der Waals surface area contributed by atoms with Crippen molar-refractivity contribution in [2.45, 2.75) is 44.0 Å². The SMILES string of the molecule is Cc1n[nH]c(C)c1S(=O)(=O)N1CC[C@H]2NC(=O)COc3ccccc3C/C=C/C[C@H]2C1. The third kappa shape index (κ3) is 4.52. The number of carbonyl (C=O) groups is 1. The number of nitrogens with zero attached hydrogens (tertiary/aromatic N) is 2. The fourth-order valence-corrected chi connectivity index (χ4v) is 6.23. The molecule has 1 aromatic carbocycles. The number of hydrogen-bond acceptors (Lipinski definition) is 5. The number of allylic oxidation sites excluding steroid dienone is 2. The second-order valence-electron chi connectivity index (χ2n) is 8.16. The number of para-hydroxylation sites is 1. The molecule has 0 aliphatic carbocycles. The summed E-state index contributed by atoms with van der Waals surface area (Å²) in [6.45, 7) is 4.05. The number of carbonyl (C=O) groups excluding carboxylic acids is 1. The zero-order chi connectivity index (χ0) is 22.0. The van der Waals surface area contributed by atoms with Crippen molar-refractivity contribution in [2.75, 3.05) is 19.7 Å². The summed E-state index contributed by atoms with van der Waals surface area (Å²) in [5.41, 5.74) is 2.03. The Morgan fingerprint density at radius 3 is 2.77 bits per heavy atom. The van der Waals surface area contributed by atoms with E-state index in [1.807, 2.05) is 24.3 Å². The zero-order valence-corrected chi connectivity index (χ0v) is 18.6. The molecule has 2 aromatic rings. The minimum absolute atomic E-state index is 0.0223. The molecule has 1 fully saturated rings. The van der Waals surface area contributed by atoms with Crippen molar-refractivity contribution in [1.82, 2.24) is 19.8 Å². The van der Waals surface area contributed by atoms with Gasteiger partial charge in [0.05, 0.1) is 11.4 Å². The van der Waals surface area contributed by atoms with Gasteiger partial charge < -0.3 is 10.1 Å². The van der Waals surface area contributed by atoms with Crippen molar-refractivity contribution in [1.29, 1.82) is 0 Å². The summed E-state index contributed by atoms with van der Waals surface area (Å²) in [6.07, 6.45) is 6.09. The standard InChI is InChI=1S/C22H28N4O4S/c1-15-22(16(2)25-24-15)31(28,29)26-12-11-19-18(13-26)9-4-3-7-17-8-5-6-10-20(17)30-14-21(27)23-19/h3-6,8,10,18-19H,7,9,11-14H2,1-2H3,(H,23,27)(H,24,25)/b4-3+/t18-,19+/m0/s1. The first kappa shape index (κ1) is 21.6. The number of amides is 1. The van der Waals surface area contributed by atoms with Gasteiger partial charge in [-0.2, -0.15) is 9.40 Å². The Balaban J connectivity index is 1.56. The fraction of sp³-hybridized carbons (Fsp3) is 0.455. The molecule has 0 bridgehead atoms. The normalized spacial score (nSPS) is 24.0. The summed E-state index contributed by atoms with van der Waals surface area (Å²) < 4.78 is 33.8. The molecule has 0 unspecified atom stereocenters. The predicted octanol–water partition coefficient (Wildman–Crippen LogP) is 2.10. The molecule has 31 heavy (non-hydrogen) atoms. The van der Waals surface area contributed by atoms with E-state index in [1.54, 1.807) is 13.8 Å². The smallest absolute Gasteiger partial charge is 0.258 e. The third-order valence-corrected chi connectivity index (χ3v) is 8.11. The van der Waals surface area contributed by atoms with E-state index in [1.165, 1.54) is 4.31 Å². The Labute approximate surface area is 182 Å². The number of rotatable bonds is 2. The van der Waals surface area contributed by atoms with Crippen molar-refractivity contribution in [3.8, 4) is 5.75 Å². The molecule has 8 nitrogen and oxygen atoms in total. The number of hydrogen-bond donors (Lipinski definition) is 2. The van der Waals surface area contributed by atoms with Gasteiger partial charge >= 0.3 is 0 Å². The van der Waals surface area contributed by atoms with Crippen LogP contribution in [0.5, 0.6) is 5.75 Å². The highest BCUT2D eigenvalue weighted by Crippen LogP contribution is 2.29. The van der Waals surface area contributed by atoms with Crippen LogP contribution in [0.25, 0.3) is 0 Å². The fourth-order valence-electron chi connectivity index (χ4n) is 4.38. The van der Waals surface area contributed by atoms with Crippen LogP contribution in [0.4, 0.5) is 0 Å². The number of aromatic nitrogens is 2. The molecular formula is C22H28N4O4S. The molecule has 9 heteroatoms. The average molecular weight is 445 g/mol. The molecule has 0 saturated carbocycles. The molecule has 3 heterocycles. The number of aryl methyl sites for hydroxylation is 2. The Bertz CT molecular complexity index is 1070. The maximum absolute atomic E-state index is 13.3. The molecule has 0 radical (unpaired) electrons. The number of aromatic amines is 1. The van der Waals surface area contributed by atoms with Crippen molar-refractivity contribution in [3.63, 3.8) is 0 Å². The molecule has 166 valence electrons. The second kappa shape index (κ2) is 8.84.